The number of aromatic nitrogens is 1. The van der Waals surface area contributed by atoms with Gasteiger partial charge >= 0.3 is 0 Å². The Morgan fingerprint density at radius 3 is 2.55 bits per heavy atom. The molecule has 0 radical (unpaired) electrons. The smallest absolute Gasteiger partial charge is 0.231 e. The number of carbonyl (C=O) groups excluding carboxylic acids is 3. The molecule has 2 aromatic rings. The van der Waals surface area contributed by atoms with E-state index in [2.05, 4.69) is 16.4 Å². The second kappa shape index (κ2) is 9.63. The molecule has 1 aromatic heterocycles. The molecule has 0 bridgehead atoms. The number of para-hydroxylation sites is 1. The van der Waals surface area contributed by atoms with E-state index in [1.54, 1.807) is 6.20 Å². The van der Waals surface area contributed by atoms with Crippen LogP contribution < -0.4 is 10.2 Å². The predicted molar refractivity (Wildman–Crippen MR) is 128 cm³/mol. The van der Waals surface area contributed by atoms with E-state index in [4.69, 9.17) is 0 Å². The third-order valence-corrected chi connectivity index (χ3v) is 8.01. The number of fused-ring (bicyclic) bond motifs is 1. The Morgan fingerprint density at radius 2 is 1.76 bits per heavy atom. The van der Waals surface area contributed by atoms with Gasteiger partial charge in [-0.15, -0.1) is 11.3 Å². The summed E-state index contributed by atoms with van der Waals surface area (Å²) in [4.78, 5) is 47.8. The zero-order chi connectivity index (χ0) is 22.8. The zero-order valence-corrected chi connectivity index (χ0v) is 19.6. The molecular formula is C25H30N4O3S. The summed E-state index contributed by atoms with van der Waals surface area (Å²) >= 11 is 1.39. The highest BCUT2D eigenvalue weighted by Gasteiger charge is 2.42. The Kier molecular flexibility index (Phi) is 6.44. The van der Waals surface area contributed by atoms with E-state index in [1.165, 1.54) is 16.9 Å². The standard InChI is InChI=1S/C25H30N4O3S/c30-22(27-25-26-12-15-33-25)18-7-5-13-28(16-18)23(31)19-8-2-3-9-20(19)24(32)29-14-11-17-6-1-4-10-21(17)29/h1,4,6,10,12,15,18-20H,2-3,5,7-9,11,13-14,16H2,(H,26,27,30). The van der Waals surface area contributed by atoms with Crippen LogP contribution in [-0.4, -0.2) is 47.2 Å². The van der Waals surface area contributed by atoms with Crippen molar-refractivity contribution < 1.29 is 14.4 Å². The van der Waals surface area contributed by atoms with E-state index in [-0.39, 0.29) is 35.5 Å². The van der Waals surface area contributed by atoms with Crippen molar-refractivity contribution in [1.82, 2.24) is 9.88 Å². The number of thiazole rings is 1. The number of nitrogens with one attached hydrogen (secondary N) is 1. The normalized spacial score (nSPS) is 24.9. The molecule has 174 valence electrons. The molecule has 2 aliphatic heterocycles. The maximum Gasteiger partial charge on any atom is 0.231 e. The van der Waals surface area contributed by atoms with Gasteiger partial charge in [0.05, 0.1) is 11.8 Å². The molecule has 1 aliphatic carbocycles. The summed E-state index contributed by atoms with van der Waals surface area (Å²) in [5, 5.41) is 5.29. The molecule has 3 unspecified atom stereocenters. The summed E-state index contributed by atoms with van der Waals surface area (Å²) in [6.45, 7) is 1.77. The molecule has 5 rings (SSSR count). The molecule has 3 heterocycles. The first kappa shape index (κ1) is 22.1. The number of benzene rings is 1. The fraction of sp³-hybridized carbons (Fsp3) is 0.520. The minimum absolute atomic E-state index is 0.0484. The Labute approximate surface area is 198 Å². The molecule has 7 nitrogen and oxygen atoms in total. The highest BCUT2D eigenvalue weighted by molar-refractivity contribution is 7.13. The van der Waals surface area contributed by atoms with Gasteiger partial charge in [0.2, 0.25) is 17.7 Å². The maximum absolute atomic E-state index is 13.6. The molecule has 2 fully saturated rings. The number of anilines is 2. The van der Waals surface area contributed by atoms with Crippen molar-refractivity contribution in [2.24, 2.45) is 17.8 Å². The van der Waals surface area contributed by atoms with Crippen molar-refractivity contribution in [2.45, 2.75) is 44.9 Å². The van der Waals surface area contributed by atoms with E-state index in [0.29, 0.717) is 24.8 Å². The Morgan fingerprint density at radius 1 is 0.970 bits per heavy atom. The lowest BCUT2D eigenvalue weighted by Crippen LogP contribution is -2.50. The van der Waals surface area contributed by atoms with Crippen molar-refractivity contribution in [1.29, 1.82) is 0 Å². The topological polar surface area (TPSA) is 82.6 Å². The van der Waals surface area contributed by atoms with Crippen LogP contribution in [0, 0.1) is 17.8 Å². The first-order valence-electron chi connectivity index (χ1n) is 12.0. The average Bonchev–Trinajstić information content (AvgIpc) is 3.53. The number of hydrogen-bond acceptors (Lipinski definition) is 5. The van der Waals surface area contributed by atoms with Crippen molar-refractivity contribution >= 4 is 39.9 Å². The highest BCUT2D eigenvalue weighted by Crippen LogP contribution is 2.37. The highest BCUT2D eigenvalue weighted by atomic mass is 32.1. The van der Waals surface area contributed by atoms with Crippen LogP contribution in [0.15, 0.2) is 35.8 Å². The van der Waals surface area contributed by atoms with Gasteiger partial charge in [-0.05, 0) is 43.7 Å². The van der Waals surface area contributed by atoms with Crippen LogP contribution in [0.25, 0.3) is 0 Å². The van der Waals surface area contributed by atoms with Crippen LogP contribution in [0.5, 0.6) is 0 Å². The van der Waals surface area contributed by atoms with Gasteiger partial charge < -0.3 is 15.1 Å². The lowest BCUT2D eigenvalue weighted by atomic mass is 9.77. The Balaban J connectivity index is 1.27. The third-order valence-electron chi connectivity index (χ3n) is 7.32. The lowest BCUT2D eigenvalue weighted by molar-refractivity contribution is -0.145. The number of likely N-dealkylation sites (tertiary alicyclic amines) is 1. The van der Waals surface area contributed by atoms with Crippen molar-refractivity contribution in [3.8, 4) is 0 Å². The van der Waals surface area contributed by atoms with Gasteiger partial charge in [-0.25, -0.2) is 4.98 Å². The number of nitrogens with zero attached hydrogens (tertiary/aromatic N) is 3. The monoisotopic (exact) mass is 466 g/mol. The van der Waals surface area contributed by atoms with Crippen molar-refractivity contribution in [3.05, 3.63) is 41.4 Å². The van der Waals surface area contributed by atoms with Crippen molar-refractivity contribution in [2.75, 3.05) is 29.9 Å². The minimum Gasteiger partial charge on any atom is -0.342 e. The molecule has 1 saturated carbocycles. The first-order valence-corrected chi connectivity index (χ1v) is 12.9. The second-order valence-corrected chi connectivity index (χ2v) is 10.2. The molecule has 8 heteroatoms. The average molecular weight is 467 g/mol. The molecule has 33 heavy (non-hydrogen) atoms. The van der Waals surface area contributed by atoms with E-state index in [0.717, 1.165) is 50.6 Å². The van der Waals surface area contributed by atoms with E-state index >= 15 is 0 Å². The van der Waals surface area contributed by atoms with Gasteiger partial charge in [-0.1, -0.05) is 31.0 Å². The molecule has 3 amide bonds. The number of rotatable bonds is 4. The quantitative estimate of drug-likeness (QED) is 0.745. The van der Waals surface area contributed by atoms with Crippen LogP contribution in [0.4, 0.5) is 10.8 Å². The van der Waals surface area contributed by atoms with Gasteiger partial charge in [-0.3, -0.25) is 14.4 Å². The molecule has 3 atom stereocenters. The van der Waals surface area contributed by atoms with Gasteiger partial charge in [0.15, 0.2) is 5.13 Å². The second-order valence-electron chi connectivity index (χ2n) is 9.32. The van der Waals surface area contributed by atoms with Crippen LogP contribution in [-0.2, 0) is 20.8 Å². The number of amides is 3. The molecular weight excluding hydrogens is 436 g/mol. The summed E-state index contributed by atoms with van der Waals surface area (Å²) in [6.07, 6.45) is 7.55. The largest absolute Gasteiger partial charge is 0.342 e. The van der Waals surface area contributed by atoms with Gasteiger partial charge in [-0.2, -0.15) is 0 Å². The predicted octanol–water partition coefficient (Wildman–Crippen LogP) is 3.72. The SMILES string of the molecule is O=C(Nc1nccs1)C1CCCN(C(=O)C2CCCCC2C(=O)N2CCc3ccccc32)C1. The fourth-order valence-electron chi connectivity index (χ4n) is 5.61. The summed E-state index contributed by atoms with van der Waals surface area (Å²) in [5.41, 5.74) is 2.20. The Bertz CT molecular complexity index is 1020. The van der Waals surface area contributed by atoms with Crippen LogP contribution in [0.3, 0.4) is 0 Å². The maximum atomic E-state index is 13.6. The van der Waals surface area contributed by atoms with Crippen LogP contribution in [0.1, 0.15) is 44.1 Å². The number of carbonyl (C=O) groups is 3. The lowest BCUT2D eigenvalue weighted by Gasteiger charge is -2.38. The summed E-state index contributed by atoms with van der Waals surface area (Å²) in [5.74, 6) is -0.746. The molecule has 1 N–H and O–H groups in total. The van der Waals surface area contributed by atoms with Crippen molar-refractivity contribution in [3.63, 3.8) is 0 Å². The zero-order valence-electron chi connectivity index (χ0n) is 18.7. The number of piperidine rings is 1. The van der Waals surface area contributed by atoms with E-state index in [9.17, 15) is 14.4 Å². The molecule has 1 saturated heterocycles. The molecule has 3 aliphatic rings. The molecule has 1 aromatic carbocycles. The van der Waals surface area contributed by atoms with Gasteiger partial charge in [0.25, 0.3) is 0 Å². The van der Waals surface area contributed by atoms with Crippen LogP contribution in [0.2, 0.25) is 0 Å². The Hall–Kier alpha value is -2.74. The summed E-state index contributed by atoms with van der Waals surface area (Å²) in [6, 6.07) is 8.07. The molecule has 0 spiro atoms. The third kappa shape index (κ3) is 4.53. The first-order chi connectivity index (χ1) is 16.1. The van der Waals surface area contributed by atoms with E-state index in [1.807, 2.05) is 33.4 Å². The van der Waals surface area contributed by atoms with Gasteiger partial charge in [0, 0.05) is 42.8 Å². The van der Waals surface area contributed by atoms with Crippen LogP contribution >= 0.6 is 11.3 Å². The minimum atomic E-state index is -0.292. The number of hydrogen-bond donors (Lipinski definition) is 1. The van der Waals surface area contributed by atoms with E-state index < -0.39 is 0 Å². The summed E-state index contributed by atoms with van der Waals surface area (Å²) in [7, 11) is 0. The fourth-order valence-corrected chi connectivity index (χ4v) is 6.14. The summed E-state index contributed by atoms with van der Waals surface area (Å²) < 4.78 is 0. The van der Waals surface area contributed by atoms with Gasteiger partial charge in [0.1, 0.15) is 0 Å².